The van der Waals surface area contributed by atoms with Gasteiger partial charge in [-0.1, -0.05) is 0 Å². The number of carbonyl (C=O) groups excluding carboxylic acids is 1. The van der Waals surface area contributed by atoms with Crippen LogP contribution in [0.15, 0.2) is 0 Å². The molecule has 0 aromatic heterocycles. The van der Waals surface area contributed by atoms with Crippen molar-refractivity contribution in [1.82, 2.24) is 20.9 Å². The highest BCUT2D eigenvalue weighted by Gasteiger charge is 2.43. The van der Waals surface area contributed by atoms with Gasteiger partial charge in [0.2, 0.25) is 5.91 Å². The molecule has 3 aliphatic heterocycles. The third-order valence-corrected chi connectivity index (χ3v) is 3.82. The van der Waals surface area contributed by atoms with Gasteiger partial charge in [0.1, 0.15) is 12.2 Å². The summed E-state index contributed by atoms with van der Waals surface area (Å²) in [5.74, 6) is -0.0476. The Morgan fingerprint density at radius 3 is 3.12 bits per heavy atom. The number of thiocarbonyl (C=S) groups is 1. The summed E-state index contributed by atoms with van der Waals surface area (Å²) in [5.41, 5.74) is 0. The zero-order valence-electron chi connectivity index (χ0n) is 9.44. The molecular weight excluding hydrogens is 240 g/mol. The minimum Gasteiger partial charge on any atom is -0.376 e. The van der Waals surface area contributed by atoms with E-state index in [1.165, 1.54) is 0 Å². The minimum absolute atomic E-state index is 0.0413. The summed E-state index contributed by atoms with van der Waals surface area (Å²) in [5, 5.41) is 9.61. The lowest BCUT2D eigenvalue weighted by molar-refractivity contribution is -0.124. The smallest absolute Gasteiger partial charge is 0.246 e. The highest BCUT2D eigenvalue weighted by atomic mass is 32.1. The van der Waals surface area contributed by atoms with Crippen LogP contribution < -0.4 is 16.0 Å². The fraction of sp³-hybridized carbons (Fsp3) is 0.800. The second kappa shape index (κ2) is 4.49. The number of rotatable bonds is 2. The van der Waals surface area contributed by atoms with Crippen molar-refractivity contribution in [2.24, 2.45) is 0 Å². The van der Waals surface area contributed by atoms with E-state index in [1.807, 2.05) is 4.90 Å². The number of nitrogens with zero attached hydrogens (tertiary/aromatic N) is 1. The Balaban J connectivity index is 1.72. The van der Waals surface area contributed by atoms with Crippen molar-refractivity contribution in [2.75, 3.05) is 19.8 Å². The molecule has 3 heterocycles. The maximum absolute atomic E-state index is 11.7. The quantitative estimate of drug-likeness (QED) is 0.535. The molecule has 3 aliphatic rings. The molecule has 17 heavy (non-hydrogen) atoms. The number of hydrogen-bond acceptors (Lipinski definition) is 5. The van der Waals surface area contributed by atoms with Crippen LogP contribution in [0, 0.1) is 0 Å². The van der Waals surface area contributed by atoms with Crippen LogP contribution in [0.3, 0.4) is 0 Å². The molecule has 94 valence electrons. The van der Waals surface area contributed by atoms with Crippen LogP contribution in [0.5, 0.6) is 0 Å². The van der Waals surface area contributed by atoms with Crippen molar-refractivity contribution in [2.45, 2.75) is 31.2 Å². The fourth-order valence-electron chi connectivity index (χ4n) is 2.61. The Morgan fingerprint density at radius 2 is 2.35 bits per heavy atom. The molecule has 0 bridgehead atoms. The van der Waals surface area contributed by atoms with E-state index in [0.717, 1.165) is 26.0 Å². The number of ether oxygens (including phenoxy) is 1. The highest BCUT2D eigenvalue weighted by molar-refractivity contribution is 7.80. The minimum atomic E-state index is -0.219. The number of carbonyl (C=O) groups is 1. The first-order chi connectivity index (χ1) is 8.25. The molecule has 0 radical (unpaired) electrons. The zero-order valence-corrected chi connectivity index (χ0v) is 10.3. The molecule has 0 aromatic rings. The molecule has 3 N–H and O–H groups in total. The zero-order chi connectivity index (χ0) is 11.8. The van der Waals surface area contributed by atoms with Crippen LogP contribution in [0.1, 0.15) is 12.8 Å². The summed E-state index contributed by atoms with van der Waals surface area (Å²) >= 11 is 5.23. The summed E-state index contributed by atoms with van der Waals surface area (Å²) in [6.07, 6.45) is 2.36. The standard InChI is InChI=1S/C10H16N4O2S/c15-9-7-8(12-5-11-7)14(10(17)13-9)4-6-2-1-3-16-6/h6-8,11-12H,1-5H2,(H,13,15,17)/t6-,7?,8?/m1/s1. The summed E-state index contributed by atoms with van der Waals surface area (Å²) in [7, 11) is 0. The largest absolute Gasteiger partial charge is 0.376 e. The predicted octanol–water partition coefficient (Wildman–Crippen LogP) is -1.27. The van der Waals surface area contributed by atoms with Crippen molar-refractivity contribution in [1.29, 1.82) is 0 Å². The van der Waals surface area contributed by atoms with E-state index in [-0.39, 0.29) is 24.2 Å². The van der Waals surface area contributed by atoms with Gasteiger partial charge < -0.3 is 15.0 Å². The van der Waals surface area contributed by atoms with E-state index >= 15 is 0 Å². The Bertz CT molecular complexity index is 345. The summed E-state index contributed by atoms with van der Waals surface area (Å²) in [6, 6.07) is -0.219. The van der Waals surface area contributed by atoms with Gasteiger partial charge in [0, 0.05) is 19.8 Å². The molecule has 0 saturated carbocycles. The van der Waals surface area contributed by atoms with Gasteiger partial charge >= 0.3 is 0 Å². The third-order valence-electron chi connectivity index (χ3n) is 3.48. The summed E-state index contributed by atoms with van der Waals surface area (Å²) in [6.45, 7) is 2.21. The second-order valence-electron chi connectivity index (χ2n) is 4.59. The number of fused-ring (bicyclic) bond motifs is 1. The maximum atomic E-state index is 11.7. The van der Waals surface area contributed by atoms with Crippen molar-refractivity contribution in [3.05, 3.63) is 0 Å². The van der Waals surface area contributed by atoms with E-state index < -0.39 is 0 Å². The SMILES string of the molecule is O=C1NC(=S)N(C[C@H]2CCCO2)C2NCNC12. The van der Waals surface area contributed by atoms with Gasteiger partial charge in [-0.25, -0.2) is 0 Å². The van der Waals surface area contributed by atoms with Crippen LogP contribution in [0.2, 0.25) is 0 Å². The summed E-state index contributed by atoms with van der Waals surface area (Å²) in [4.78, 5) is 13.7. The van der Waals surface area contributed by atoms with Gasteiger partial charge in [-0.05, 0) is 25.1 Å². The molecular formula is C10H16N4O2S. The molecule has 0 spiro atoms. The number of amides is 1. The van der Waals surface area contributed by atoms with E-state index in [4.69, 9.17) is 17.0 Å². The average molecular weight is 256 g/mol. The lowest BCUT2D eigenvalue weighted by Crippen LogP contribution is -2.66. The molecule has 1 amide bonds. The monoisotopic (exact) mass is 256 g/mol. The normalized spacial score (nSPS) is 37.2. The van der Waals surface area contributed by atoms with Gasteiger partial charge in [0.15, 0.2) is 5.11 Å². The Kier molecular flexibility index (Phi) is 2.99. The van der Waals surface area contributed by atoms with Crippen LogP contribution >= 0.6 is 12.2 Å². The van der Waals surface area contributed by atoms with E-state index in [1.54, 1.807) is 0 Å². The second-order valence-corrected chi connectivity index (χ2v) is 4.98. The predicted molar refractivity (Wildman–Crippen MR) is 65.1 cm³/mol. The molecule has 3 fully saturated rings. The van der Waals surface area contributed by atoms with Crippen molar-refractivity contribution >= 4 is 23.2 Å². The first-order valence-corrected chi connectivity index (χ1v) is 6.36. The van der Waals surface area contributed by atoms with Crippen molar-refractivity contribution in [3.63, 3.8) is 0 Å². The number of nitrogens with one attached hydrogen (secondary N) is 3. The first kappa shape index (κ1) is 11.3. The third kappa shape index (κ3) is 2.03. The Labute approximate surface area is 105 Å². The molecule has 3 saturated heterocycles. The van der Waals surface area contributed by atoms with Gasteiger partial charge in [0.05, 0.1) is 6.10 Å². The van der Waals surface area contributed by atoms with Crippen LogP contribution in [0.4, 0.5) is 0 Å². The number of hydrogen-bond donors (Lipinski definition) is 3. The molecule has 2 unspecified atom stereocenters. The van der Waals surface area contributed by atoms with Gasteiger partial charge in [0.25, 0.3) is 0 Å². The Hall–Kier alpha value is -0.760. The molecule has 3 atom stereocenters. The van der Waals surface area contributed by atoms with Crippen molar-refractivity contribution in [3.8, 4) is 0 Å². The molecule has 0 aromatic carbocycles. The van der Waals surface area contributed by atoms with E-state index in [9.17, 15) is 4.79 Å². The van der Waals surface area contributed by atoms with Gasteiger partial charge in [-0.3, -0.25) is 15.4 Å². The topological polar surface area (TPSA) is 65.6 Å². The van der Waals surface area contributed by atoms with Crippen LogP contribution in [-0.2, 0) is 9.53 Å². The fourth-order valence-corrected chi connectivity index (χ4v) is 2.90. The molecule has 7 heteroatoms. The van der Waals surface area contributed by atoms with Crippen LogP contribution in [0.25, 0.3) is 0 Å². The summed E-state index contributed by atoms with van der Waals surface area (Å²) < 4.78 is 5.62. The first-order valence-electron chi connectivity index (χ1n) is 5.95. The van der Waals surface area contributed by atoms with Gasteiger partial charge in [-0.2, -0.15) is 0 Å². The average Bonchev–Trinajstić information content (AvgIpc) is 2.95. The van der Waals surface area contributed by atoms with E-state index in [2.05, 4.69) is 16.0 Å². The molecule has 0 aliphatic carbocycles. The van der Waals surface area contributed by atoms with Gasteiger partial charge in [-0.15, -0.1) is 0 Å². The lowest BCUT2D eigenvalue weighted by atomic mass is 10.1. The maximum Gasteiger partial charge on any atom is 0.246 e. The highest BCUT2D eigenvalue weighted by Crippen LogP contribution is 2.18. The molecule has 6 nitrogen and oxygen atoms in total. The Morgan fingerprint density at radius 1 is 1.47 bits per heavy atom. The van der Waals surface area contributed by atoms with Crippen molar-refractivity contribution < 1.29 is 9.53 Å². The van der Waals surface area contributed by atoms with E-state index in [0.29, 0.717) is 11.8 Å². The molecule has 3 rings (SSSR count). The van der Waals surface area contributed by atoms with Crippen LogP contribution in [-0.4, -0.2) is 54.1 Å². The lowest BCUT2D eigenvalue weighted by Gasteiger charge is -2.39.